The maximum atomic E-state index is 11.9. The molecule has 0 atom stereocenters. The molecular weight excluding hydrogens is 252 g/mol. The van der Waals surface area contributed by atoms with Crippen LogP contribution in [0.3, 0.4) is 0 Å². The van der Waals surface area contributed by atoms with Gasteiger partial charge in [0.2, 0.25) is 10.0 Å². The highest BCUT2D eigenvalue weighted by Crippen LogP contribution is 2.21. The summed E-state index contributed by atoms with van der Waals surface area (Å²) in [5.41, 5.74) is -0.320. The summed E-state index contributed by atoms with van der Waals surface area (Å²) in [5.74, 6) is 0. The van der Waals surface area contributed by atoms with E-state index >= 15 is 0 Å². The monoisotopic (exact) mass is 278 g/mol. The number of ether oxygens (including phenoxy) is 1. The van der Waals surface area contributed by atoms with E-state index in [2.05, 4.69) is 4.90 Å². The van der Waals surface area contributed by atoms with Crippen molar-refractivity contribution in [2.24, 2.45) is 0 Å². The first-order valence-electron chi connectivity index (χ1n) is 6.55. The van der Waals surface area contributed by atoms with Crippen LogP contribution in [0.5, 0.6) is 0 Å². The molecule has 1 fully saturated rings. The topological polar surface area (TPSA) is 49.9 Å². The van der Waals surface area contributed by atoms with Gasteiger partial charge in [0.1, 0.15) is 0 Å². The molecule has 1 rings (SSSR count). The standard InChI is InChI=1S/C12H26N2O3S/c1-5-12(2,3)14(18(4,15)16)7-6-13-8-10-17-11-9-13/h5-11H2,1-4H3. The zero-order valence-corrected chi connectivity index (χ0v) is 12.8. The van der Waals surface area contributed by atoms with Crippen molar-refractivity contribution in [3.05, 3.63) is 0 Å². The maximum Gasteiger partial charge on any atom is 0.211 e. The van der Waals surface area contributed by atoms with E-state index in [4.69, 9.17) is 4.74 Å². The van der Waals surface area contributed by atoms with Crippen molar-refractivity contribution in [2.75, 3.05) is 45.6 Å². The van der Waals surface area contributed by atoms with Crippen LogP contribution in [-0.4, -0.2) is 68.8 Å². The lowest BCUT2D eigenvalue weighted by molar-refractivity contribution is 0.0335. The summed E-state index contributed by atoms with van der Waals surface area (Å²) >= 11 is 0. The third-order valence-corrected chi connectivity index (χ3v) is 5.14. The molecule has 0 N–H and O–H groups in total. The minimum Gasteiger partial charge on any atom is -0.379 e. The normalized spacial score (nSPS) is 19.4. The van der Waals surface area contributed by atoms with Crippen LogP contribution in [0.2, 0.25) is 0 Å². The van der Waals surface area contributed by atoms with E-state index in [1.807, 2.05) is 20.8 Å². The molecule has 0 spiro atoms. The number of morpholine rings is 1. The molecule has 6 heteroatoms. The molecule has 108 valence electrons. The minimum absolute atomic E-state index is 0.320. The Bertz CT molecular complexity index is 348. The zero-order chi connectivity index (χ0) is 13.8. The van der Waals surface area contributed by atoms with E-state index in [0.29, 0.717) is 6.54 Å². The van der Waals surface area contributed by atoms with Gasteiger partial charge in [-0.1, -0.05) is 6.92 Å². The molecule has 0 aromatic rings. The van der Waals surface area contributed by atoms with Crippen molar-refractivity contribution in [1.29, 1.82) is 0 Å². The van der Waals surface area contributed by atoms with Crippen molar-refractivity contribution >= 4 is 10.0 Å². The van der Waals surface area contributed by atoms with Crippen molar-refractivity contribution in [3.63, 3.8) is 0 Å². The molecule has 0 bridgehead atoms. The third kappa shape index (κ3) is 4.50. The number of nitrogens with zero attached hydrogens (tertiary/aromatic N) is 2. The lowest BCUT2D eigenvalue weighted by Gasteiger charge is -2.37. The van der Waals surface area contributed by atoms with Gasteiger partial charge in [-0.15, -0.1) is 0 Å². The summed E-state index contributed by atoms with van der Waals surface area (Å²) in [6.45, 7) is 10.6. The Morgan fingerprint density at radius 1 is 1.28 bits per heavy atom. The molecular formula is C12H26N2O3S. The Labute approximate surface area is 111 Å². The van der Waals surface area contributed by atoms with Gasteiger partial charge in [0, 0.05) is 31.7 Å². The van der Waals surface area contributed by atoms with Gasteiger partial charge >= 0.3 is 0 Å². The fourth-order valence-corrected chi connectivity index (χ4v) is 3.59. The second-order valence-electron chi connectivity index (χ2n) is 5.46. The fraction of sp³-hybridized carbons (Fsp3) is 1.00. The van der Waals surface area contributed by atoms with E-state index in [-0.39, 0.29) is 5.54 Å². The van der Waals surface area contributed by atoms with E-state index in [0.717, 1.165) is 39.3 Å². The Morgan fingerprint density at radius 2 is 1.83 bits per heavy atom. The predicted molar refractivity (Wildman–Crippen MR) is 73.2 cm³/mol. The SMILES string of the molecule is CCC(C)(C)N(CCN1CCOCC1)S(C)(=O)=O. The van der Waals surface area contributed by atoms with Gasteiger partial charge in [0.15, 0.2) is 0 Å². The molecule has 1 aliphatic rings. The van der Waals surface area contributed by atoms with Crippen molar-refractivity contribution < 1.29 is 13.2 Å². The molecule has 0 radical (unpaired) electrons. The van der Waals surface area contributed by atoms with E-state index in [1.165, 1.54) is 6.26 Å². The van der Waals surface area contributed by atoms with Crippen molar-refractivity contribution in [3.8, 4) is 0 Å². The maximum absolute atomic E-state index is 11.9. The van der Waals surface area contributed by atoms with Crippen molar-refractivity contribution in [1.82, 2.24) is 9.21 Å². The van der Waals surface area contributed by atoms with Crippen molar-refractivity contribution in [2.45, 2.75) is 32.7 Å². The van der Waals surface area contributed by atoms with Crippen LogP contribution < -0.4 is 0 Å². The van der Waals surface area contributed by atoms with Gasteiger partial charge in [0.05, 0.1) is 19.5 Å². The van der Waals surface area contributed by atoms with Gasteiger partial charge in [-0.2, -0.15) is 4.31 Å². The van der Waals surface area contributed by atoms with Crippen LogP contribution in [0, 0.1) is 0 Å². The van der Waals surface area contributed by atoms with Crippen LogP contribution in [0.1, 0.15) is 27.2 Å². The largest absolute Gasteiger partial charge is 0.379 e. The third-order valence-electron chi connectivity index (χ3n) is 3.66. The summed E-state index contributed by atoms with van der Waals surface area (Å²) in [7, 11) is -3.16. The molecule has 0 aromatic carbocycles. The highest BCUT2D eigenvalue weighted by molar-refractivity contribution is 7.88. The fourth-order valence-electron chi connectivity index (χ4n) is 2.15. The van der Waals surface area contributed by atoms with Gasteiger partial charge in [-0.3, -0.25) is 4.90 Å². The number of sulfonamides is 1. The van der Waals surface area contributed by atoms with Crippen LogP contribution in [0.25, 0.3) is 0 Å². The van der Waals surface area contributed by atoms with Gasteiger partial charge in [0.25, 0.3) is 0 Å². The van der Waals surface area contributed by atoms with Gasteiger partial charge in [-0.25, -0.2) is 8.42 Å². The summed E-state index contributed by atoms with van der Waals surface area (Å²) in [6, 6.07) is 0. The number of rotatable bonds is 6. The lowest BCUT2D eigenvalue weighted by atomic mass is 10.0. The molecule has 0 aliphatic carbocycles. The number of hydrogen-bond acceptors (Lipinski definition) is 4. The van der Waals surface area contributed by atoms with Crippen LogP contribution in [0.15, 0.2) is 0 Å². The quantitative estimate of drug-likeness (QED) is 0.720. The smallest absolute Gasteiger partial charge is 0.211 e. The highest BCUT2D eigenvalue weighted by Gasteiger charge is 2.32. The van der Waals surface area contributed by atoms with Crippen LogP contribution >= 0.6 is 0 Å². The summed E-state index contributed by atoms with van der Waals surface area (Å²) in [6.07, 6.45) is 2.10. The molecule has 0 saturated carbocycles. The first-order valence-corrected chi connectivity index (χ1v) is 8.40. The number of hydrogen-bond donors (Lipinski definition) is 0. The molecule has 18 heavy (non-hydrogen) atoms. The van der Waals surface area contributed by atoms with Crippen LogP contribution in [-0.2, 0) is 14.8 Å². The second-order valence-corrected chi connectivity index (χ2v) is 7.36. The summed E-state index contributed by atoms with van der Waals surface area (Å²) in [4.78, 5) is 2.26. The average Bonchev–Trinajstić information content (AvgIpc) is 2.28. The molecule has 0 aromatic heterocycles. The summed E-state index contributed by atoms with van der Waals surface area (Å²) < 4.78 is 30.7. The highest BCUT2D eigenvalue weighted by atomic mass is 32.2. The minimum atomic E-state index is -3.16. The van der Waals surface area contributed by atoms with Gasteiger partial charge in [-0.05, 0) is 20.3 Å². The average molecular weight is 278 g/mol. The molecule has 1 aliphatic heterocycles. The van der Waals surface area contributed by atoms with E-state index in [1.54, 1.807) is 4.31 Å². The van der Waals surface area contributed by atoms with E-state index in [9.17, 15) is 8.42 Å². The van der Waals surface area contributed by atoms with Gasteiger partial charge < -0.3 is 4.74 Å². The lowest BCUT2D eigenvalue weighted by Crippen LogP contribution is -2.50. The molecule has 0 amide bonds. The Kier molecular flexibility index (Phi) is 5.58. The first kappa shape index (κ1) is 15.9. The zero-order valence-electron chi connectivity index (χ0n) is 12.0. The second kappa shape index (κ2) is 6.32. The molecule has 0 unspecified atom stereocenters. The Morgan fingerprint density at radius 3 is 2.28 bits per heavy atom. The molecule has 1 heterocycles. The first-order chi connectivity index (χ1) is 8.27. The van der Waals surface area contributed by atoms with Crippen LogP contribution in [0.4, 0.5) is 0 Å². The van der Waals surface area contributed by atoms with E-state index < -0.39 is 10.0 Å². The Balaban J connectivity index is 2.62. The summed E-state index contributed by atoms with van der Waals surface area (Å²) in [5, 5.41) is 0. The molecule has 5 nitrogen and oxygen atoms in total. The Hall–Kier alpha value is -0.170. The predicted octanol–water partition coefficient (Wildman–Crippen LogP) is 0.769. The molecule has 1 saturated heterocycles.